The molecule has 0 amide bonds. The van der Waals surface area contributed by atoms with Crippen molar-refractivity contribution >= 4 is 15.8 Å². The fraction of sp³-hybridized carbons (Fsp3) is 0.533. The molecule has 0 atom stereocenters. The summed E-state index contributed by atoms with van der Waals surface area (Å²) in [6, 6.07) is 6.11. The molecule has 0 radical (unpaired) electrons. The van der Waals surface area contributed by atoms with Crippen LogP contribution in [-0.4, -0.2) is 32.5 Å². The Morgan fingerprint density at radius 2 is 1.90 bits per heavy atom. The number of hydrogen-bond acceptors (Lipinski definition) is 4. The van der Waals surface area contributed by atoms with Gasteiger partial charge in [-0.15, -0.1) is 0 Å². The van der Waals surface area contributed by atoms with Gasteiger partial charge < -0.3 is 5.11 Å². The molecule has 0 fully saturated rings. The Labute approximate surface area is 126 Å². The number of sulfonamides is 1. The third kappa shape index (κ3) is 5.95. The molecule has 1 aromatic carbocycles. The number of carbonyl (C=O) groups is 1. The maximum Gasteiger partial charge on any atom is 0.240 e. The number of rotatable bonds is 10. The van der Waals surface area contributed by atoms with E-state index in [1.807, 2.05) is 0 Å². The molecule has 21 heavy (non-hydrogen) atoms. The highest BCUT2D eigenvalue weighted by Gasteiger charge is 2.15. The first kappa shape index (κ1) is 17.8. The Kier molecular flexibility index (Phi) is 7.56. The van der Waals surface area contributed by atoms with E-state index in [-0.39, 0.29) is 17.3 Å². The second-order valence-electron chi connectivity index (χ2n) is 4.84. The van der Waals surface area contributed by atoms with Gasteiger partial charge in [0.25, 0.3) is 0 Å². The molecule has 1 rings (SSSR count). The number of aliphatic hydroxyl groups is 1. The molecule has 0 aliphatic carbocycles. The first-order chi connectivity index (χ1) is 10.0. The molecule has 1 aromatic rings. The molecule has 118 valence electrons. The summed E-state index contributed by atoms with van der Waals surface area (Å²) in [6.07, 6.45) is 3.58. The Hall–Kier alpha value is -1.24. The summed E-state index contributed by atoms with van der Waals surface area (Å²) in [7, 11) is -3.57. The number of unbranched alkanes of at least 4 members (excludes halogenated alkanes) is 3. The fourth-order valence-electron chi connectivity index (χ4n) is 1.92. The van der Waals surface area contributed by atoms with Crippen molar-refractivity contribution in [3.63, 3.8) is 0 Å². The maximum atomic E-state index is 12.1. The molecule has 0 aliphatic rings. The zero-order valence-electron chi connectivity index (χ0n) is 12.3. The summed E-state index contributed by atoms with van der Waals surface area (Å²) in [5.74, 6) is -0.0731. The highest BCUT2D eigenvalue weighted by molar-refractivity contribution is 7.89. The molecule has 0 saturated carbocycles. The van der Waals surface area contributed by atoms with Crippen LogP contribution in [0.1, 0.15) is 49.4 Å². The maximum absolute atomic E-state index is 12.1. The number of hydrogen-bond donors (Lipinski definition) is 2. The van der Waals surface area contributed by atoms with Crippen molar-refractivity contribution in [1.82, 2.24) is 4.72 Å². The summed E-state index contributed by atoms with van der Waals surface area (Å²) in [5.41, 5.74) is 0.420. The normalized spacial score (nSPS) is 11.5. The molecule has 0 aliphatic heterocycles. The summed E-state index contributed by atoms with van der Waals surface area (Å²) in [4.78, 5) is 11.7. The smallest absolute Gasteiger partial charge is 0.240 e. The van der Waals surface area contributed by atoms with Gasteiger partial charge in [0, 0.05) is 25.1 Å². The number of nitrogens with one attached hydrogen (secondary N) is 1. The Morgan fingerprint density at radius 3 is 2.57 bits per heavy atom. The highest BCUT2D eigenvalue weighted by Crippen LogP contribution is 2.13. The van der Waals surface area contributed by atoms with Crippen molar-refractivity contribution in [3.8, 4) is 0 Å². The Balaban J connectivity index is 2.60. The molecule has 2 N–H and O–H groups in total. The Morgan fingerprint density at radius 1 is 1.19 bits per heavy atom. The van der Waals surface area contributed by atoms with Gasteiger partial charge in [-0.05, 0) is 25.0 Å². The van der Waals surface area contributed by atoms with Crippen LogP contribution in [0.3, 0.4) is 0 Å². The van der Waals surface area contributed by atoms with Gasteiger partial charge in [-0.25, -0.2) is 13.1 Å². The van der Waals surface area contributed by atoms with Crippen LogP contribution in [0, 0.1) is 0 Å². The van der Waals surface area contributed by atoms with E-state index in [1.165, 1.54) is 12.1 Å². The van der Waals surface area contributed by atoms with Gasteiger partial charge in [0.2, 0.25) is 10.0 Å². The first-order valence-electron chi connectivity index (χ1n) is 7.25. The first-order valence-corrected chi connectivity index (χ1v) is 8.73. The second kappa shape index (κ2) is 8.92. The molecule has 0 bridgehead atoms. The monoisotopic (exact) mass is 313 g/mol. The molecule has 6 heteroatoms. The lowest BCUT2D eigenvalue weighted by atomic mass is 10.1. The van der Waals surface area contributed by atoms with Crippen molar-refractivity contribution < 1.29 is 18.3 Å². The van der Waals surface area contributed by atoms with Crippen molar-refractivity contribution in [1.29, 1.82) is 0 Å². The van der Waals surface area contributed by atoms with Crippen LogP contribution in [0.25, 0.3) is 0 Å². The van der Waals surface area contributed by atoms with E-state index in [1.54, 1.807) is 19.1 Å². The van der Waals surface area contributed by atoms with E-state index in [4.69, 9.17) is 5.11 Å². The lowest BCUT2D eigenvalue weighted by Gasteiger charge is -2.08. The van der Waals surface area contributed by atoms with E-state index in [9.17, 15) is 13.2 Å². The van der Waals surface area contributed by atoms with E-state index in [0.29, 0.717) is 18.5 Å². The van der Waals surface area contributed by atoms with Crippen molar-refractivity contribution in [3.05, 3.63) is 29.8 Å². The molecule has 5 nitrogen and oxygen atoms in total. The lowest BCUT2D eigenvalue weighted by Crippen LogP contribution is -2.25. The predicted octanol–water partition coefficient (Wildman–Crippen LogP) is 2.11. The summed E-state index contributed by atoms with van der Waals surface area (Å²) in [5, 5.41) is 8.65. The number of carbonyl (C=O) groups excluding carboxylic acids is 1. The second-order valence-corrected chi connectivity index (χ2v) is 6.61. The largest absolute Gasteiger partial charge is 0.396 e. The van der Waals surface area contributed by atoms with Gasteiger partial charge in [0.05, 0.1) is 4.90 Å². The molecular formula is C15H23NO4S. The van der Waals surface area contributed by atoms with Crippen LogP contribution >= 0.6 is 0 Å². The van der Waals surface area contributed by atoms with Crippen LogP contribution in [0.4, 0.5) is 0 Å². The minimum Gasteiger partial charge on any atom is -0.396 e. The van der Waals surface area contributed by atoms with E-state index in [2.05, 4.69) is 4.72 Å². The number of aliphatic hydroxyl groups excluding tert-OH is 1. The van der Waals surface area contributed by atoms with E-state index >= 15 is 0 Å². The SMILES string of the molecule is CCC(=O)c1cccc(S(=O)(=O)NCCCCCCO)c1. The van der Waals surface area contributed by atoms with Crippen molar-refractivity contribution in [2.45, 2.75) is 43.9 Å². The number of benzene rings is 1. The average Bonchev–Trinajstić information content (AvgIpc) is 2.50. The van der Waals surface area contributed by atoms with Crippen LogP contribution in [0.2, 0.25) is 0 Å². The topological polar surface area (TPSA) is 83.5 Å². The van der Waals surface area contributed by atoms with Gasteiger partial charge >= 0.3 is 0 Å². The van der Waals surface area contributed by atoms with Gasteiger partial charge in [-0.3, -0.25) is 4.79 Å². The number of ketones is 1. The third-order valence-corrected chi connectivity index (χ3v) is 4.62. The zero-order chi connectivity index (χ0) is 15.7. The van der Waals surface area contributed by atoms with Gasteiger partial charge in [-0.2, -0.15) is 0 Å². The van der Waals surface area contributed by atoms with Crippen LogP contribution < -0.4 is 4.72 Å². The minimum atomic E-state index is -3.57. The van der Waals surface area contributed by atoms with Crippen LogP contribution in [0.15, 0.2) is 29.2 Å². The molecule has 0 aromatic heterocycles. The van der Waals surface area contributed by atoms with Crippen LogP contribution in [-0.2, 0) is 10.0 Å². The van der Waals surface area contributed by atoms with Crippen LogP contribution in [0.5, 0.6) is 0 Å². The Bertz CT molecular complexity index is 555. The van der Waals surface area contributed by atoms with E-state index < -0.39 is 10.0 Å². The van der Waals surface area contributed by atoms with Gasteiger partial charge in [0.15, 0.2) is 5.78 Å². The summed E-state index contributed by atoms with van der Waals surface area (Å²) >= 11 is 0. The summed E-state index contributed by atoms with van der Waals surface area (Å²) < 4.78 is 26.8. The van der Waals surface area contributed by atoms with Crippen molar-refractivity contribution in [2.75, 3.05) is 13.2 Å². The third-order valence-electron chi connectivity index (χ3n) is 3.16. The fourth-order valence-corrected chi connectivity index (χ4v) is 3.04. The quantitative estimate of drug-likeness (QED) is 0.512. The molecular weight excluding hydrogens is 290 g/mol. The number of Topliss-reactive ketones (excluding diaryl/α,β-unsaturated/α-hetero) is 1. The molecule has 0 unspecified atom stereocenters. The van der Waals surface area contributed by atoms with E-state index in [0.717, 1.165) is 25.7 Å². The molecule has 0 spiro atoms. The average molecular weight is 313 g/mol. The van der Waals surface area contributed by atoms with Crippen molar-refractivity contribution in [2.24, 2.45) is 0 Å². The molecule has 0 heterocycles. The summed E-state index contributed by atoms with van der Waals surface area (Å²) in [6.45, 7) is 2.28. The predicted molar refractivity (Wildman–Crippen MR) is 81.8 cm³/mol. The highest BCUT2D eigenvalue weighted by atomic mass is 32.2. The standard InChI is InChI=1S/C15H23NO4S/c1-2-15(18)13-8-7-9-14(12-13)21(19,20)16-10-5-3-4-6-11-17/h7-9,12,16-17H,2-6,10-11H2,1H3. The van der Waals surface area contributed by atoms with Gasteiger partial charge in [0.1, 0.15) is 0 Å². The zero-order valence-corrected chi connectivity index (χ0v) is 13.2. The molecule has 0 saturated heterocycles. The lowest BCUT2D eigenvalue weighted by molar-refractivity contribution is 0.0988. The van der Waals surface area contributed by atoms with Gasteiger partial charge in [-0.1, -0.05) is 31.9 Å². The minimum absolute atomic E-state index is 0.0731.